The molecular weight excluding hydrogens is 322 g/mol. The van der Waals surface area contributed by atoms with Crippen LogP contribution in [0.4, 0.5) is 0 Å². The maximum absolute atomic E-state index is 12.8. The van der Waals surface area contributed by atoms with E-state index in [4.69, 9.17) is 0 Å². The van der Waals surface area contributed by atoms with Gasteiger partial charge in [-0.1, -0.05) is 26.7 Å². The molecule has 0 aromatic carbocycles. The number of carbonyl (C=O) groups excluding carboxylic acids is 1. The van der Waals surface area contributed by atoms with Crippen LogP contribution in [0.15, 0.2) is 11.1 Å². The summed E-state index contributed by atoms with van der Waals surface area (Å²) in [4.78, 5) is 30.7. The van der Waals surface area contributed by atoms with Crippen molar-refractivity contribution in [2.75, 3.05) is 0 Å². The third-order valence-corrected chi connectivity index (χ3v) is 6.41. The van der Waals surface area contributed by atoms with Crippen molar-refractivity contribution in [3.8, 4) is 0 Å². The highest BCUT2D eigenvalue weighted by molar-refractivity contribution is 7.20. The molecule has 0 bridgehead atoms. The molecule has 0 spiro atoms. The van der Waals surface area contributed by atoms with Crippen LogP contribution in [-0.4, -0.2) is 21.5 Å². The average molecular weight is 347 g/mol. The van der Waals surface area contributed by atoms with Crippen LogP contribution in [0.3, 0.4) is 0 Å². The fourth-order valence-corrected chi connectivity index (χ4v) is 4.84. The van der Waals surface area contributed by atoms with E-state index in [2.05, 4.69) is 24.1 Å². The number of aromatic nitrogens is 2. The van der Waals surface area contributed by atoms with Crippen LogP contribution in [0.25, 0.3) is 10.2 Å². The number of nitrogens with zero attached hydrogens (tertiary/aromatic N) is 2. The second-order valence-corrected chi connectivity index (χ2v) is 8.17. The van der Waals surface area contributed by atoms with Crippen molar-refractivity contribution in [1.29, 1.82) is 0 Å². The fourth-order valence-electron chi connectivity index (χ4n) is 3.80. The summed E-state index contributed by atoms with van der Waals surface area (Å²) < 4.78 is 1.46. The monoisotopic (exact) mass is 347 g/mol. The number of hydrogen-bond donors (Lipinski definition) is 1. The molecule has 1 N–H and O–H groups in total. The maximum atomic E-state index is 12.8. The van der Waals surface area contributed by atoms with E-state index in [1.54, 1.807) is 7.05 Å². The lowest BCUT2D eigenvalue weighted by molar-refractivity contribution is 0.0893. The Morgan fingerprint density at radius 3 is 2.79 bits per heavy atom. The smallest absolute Gasteiger partial charge is 0.262 e. The number of thiophene rings is 1. The van der Waals surface area contributed by atoms with Crippen LogP contribution in [0.5, 0.6) is 0 Å². The molecule has 1 fully saturated rings. The minimum atomic E-state index is -0.0921. The van der Waals surface area contributed by atoms with Crippen LogP contribution in [0.1, 0.15) is 54.8 Å². The first kappa shape index (κ1) is 17.1. The summed E-state index contributed by atoms with van der Waals surface area (Å²) >= 11 is 1.32. The molecule has 0 unspecified atom stereocenters. The molecule has 130 valence electrons. The Balaban J connectivity index is 1.90. The van der Waals surface area contributed by atoms with E-state index >= 15 is 0 Å². The van der Waals surface area contributed by atoms with E-state index in [1.165, 1.54) is 41.5 Å². The lowest BCUT2D eigenvalue weighted by atomic mass is 9.78. The van der Waals surface area contributed by atoms with Crippen molar-refractivity contribution in [3.05, 3.63) is 27.1 Å². The van der Waals surface area contributed by atoms with E-state index < -0.39 is 0 Å². The SMILES string of the molecule is Cc1c(C(=O)N[C@H]2CCCC[C@@H]2C(C)C)sc2ncn(C)c(=O)c12. The number of carbonyl (C=O) groups is 1. The molecule has 2 atom stereocenters. The summed E-state index contributed by atoms with van der Waals surface area (Å²) in [6.45, 7) is 6.30. The maximum Gasteiger partial charge on any atom is 0.262 e. The highest BCUT2D eigenvalue weighted by atomic mass is 32.1. The molecule has 0 aliphatic heterocycles. The summed E-state index contributed by atoms with van der Waals surface area (Å²) in [5, 5.41) is 3.81. The Morgan fingerprint density at radius 2 is 2.08 bits per heavy atom. The van der Waals surface area contributed by atoms with Gasteiger partial charge in [0, 0.05) is 13.1 Å². The van der Waals surface area contributed by atoms with Crippen molar-refractivity contribution in [2.45, 2.75) is 52.5 Å². The molecule has 6 heteroatoms. The molecule has 1 aliphatic rings. The molecule has 0 radical (unpaired) electrons. The Hall–Kier alpha value is -1.69. The lowest BCUT2D eigenvalue weighted by Crippen LogP contribution is -2.43. The standard InChI is InChI=1S/C18H25N3O2S/c1-10(2)12-7-5-6-8-13(12)20-16(22)15-11(3)14-17(24-15)19-9-21(4)18(14)23/h9-10,12-13H,5-8H2,1-4H3,(H,20,22)/t12-,13+/m1/s1. The highest BCUT2D eigenvalue weighted by Gasteiger charge is 2.30. The number of rotatable bonds is 3. The van der Waals surface area contributed by atoms with Gasteiger partial charge >= 0.3 is 0 Å². The van der Waals surface area contributed by atoms with E-state index in [-0.39, 0.29) is 17.5 Å². The molecule has 2 aromatic rings. The molecule has 1 aliphatic carbocycles. The van der Waals surface area contributed by atoms with Crippen molar-refractivity contribution in [3.63, 3.8) is 0 Å². The minimum Gasteiger partial charge on any atom is -0.348 e. The molecule has 24 heavy (non-hydrogen) atoms. The van der Waals surface area contributed by atoms with Gasteiger partial charge in [-0.2, -0.15) is 0 Å². The van der Waals surface area contributed by atoms with Crippen LogP contribution in [0.2, 0.25) is 0 Å². The predicted octanol–water partition coefficient (Wildman–Crippen LogP) is 3.25. The second-order valence-electron chi connectivity index (χ2n) is 7.17. The van der Waals surface area contributed by atoms with E-state index in [1.807, 2.05) is 6.92 Å². The third kappa shape index (κ3) is 2.99. The van der Waals surface area contributed by atoms with Crippen LogP contribution >= 0.6 is 11.3 Å². The molecule has 2 aromatic heterocycles. The summed E-state index contributed by atoms with van der Waals surface area (Å²) in [6.07, 6.45) is 6.14. The first-order valence-electron chi connectivity index (χ1n) is 8.65. The van der Waals surface area contributed by atoms with Gasteiger partial charge in [-0.15, -0.1) is 11.3 Å². The molecule has 0 saturated heterocycles. The lowest BCUT2D eigenvalue weighted by Gasteiger charge is -2.34. The van der Waals surface area contributed by atoms with Gasteiger partial charge in [0.15, 0.2) is 0 Å². The highest BCUT2D eigenvalue weighted by Crippen LogP contribution is 2.32. The van der Waals surface area contributed by atoms with Gasteiger partial charge in [-0.3, -0.25) is 9.59 Å². The van der Waals surface area contributed by atoms with Gasteiger partial charge in [0.05, 0.1) is 16.6 Å². The fraction of sp³-hybridized carbons (Fsp3) is 0.611. The molecule has 1 amide bonds. The largest absolute Gasteiger partial charge is 0.348 e. The van der Waals surface area contributed by atoms with Crippen LogP contribution in [-0.2, 0) is 7.05 Å². The molecule has 5 nitrogen and oxygen atoms in total. The second kappa shape index (κ2) is 6.67. The van der Waals surface area contributed by atoms with Gasteiger partial charge in [0.2, 0.25) is 0 Å². The normalized spacial score (nSPS) is 21.4. The van der Waals surface area contributed by atoms with Crippen molar-refractivity contribution < 1.29 is 4.79 Å². The summed E-state index contributed by atoms with van der Waals surface area (Å²) in [5.41, 5.74) is 0.656. The van der Waals surface area contributed by atoms with Gasteiger partial charge in [-0.05, 0) is 37.2 Å². The quantitative estimate of drug-likeness (QED) is 0.927. The zero-order valence-corrected chi connectivity index (χ0v) is 15.6. The van der Waals surface area contributed by atoms with Crippen LogP contribution < -0.4 is 10.9 Å². The molecular formula is C18H25N3O2S. The zero-order chi connectivity index (χ0) is 17.4. The summed E-state index contributed by atoms with van der Waals surface area (Å²) in [7, 11) is 1.68. The van der Waals surface area contributed by atoms with Gasteiger partial charge in [0.1, 0.15) is 4.83 Å². The minimum absolute atomic E-state index is 0.0601. The van der Waals surface area contributed by atoms with Crippen LogP contribution in [0, 0.1) is 18.8 Å². The first-order chi connectivity index (χ1) is 11.4. The van der Waals surface area contributed by atoms with Gasteiger partial charge < -0.3 is 9.88 Å². The van der Waals surface area contributed by atoms with Crippen molar-refractivity contribution in [1.82, 2.24) is 14.9 Å². The van der Waals surface area contributed by atoms with Crippen molar-refractivity contribution in [2.24, 2.45) is 18.9 Å². The molecule has 1 saturated carbocycles. The topological polar surface area (TPSA) is 64.0 Å². The Morgan fingerprint density at radius 1 is 1.38 bits per heavy atom. The van der Waals surface area contributed by atoms with E-state index in [0.717, 1.165) is 12.0 Å². The van der Waals surface area contributed by atoms with Gasteiger partial charge in [-0.25, -0.2) is 4.98 Å². The first-order valence-corrected chi connectivity index (χ1v) is 9.47. The number of amides is 1. The average Bonchev–Trinajstić information content (AvgIpc) is 2.89. The predicted molar refractivity (Wildman–Crippen MR) is 97.6 cm³/mol. The van der Waals surface area contributed by atoms with E-state index in [9.17, 15) is 9.59 Å². The zero-order valence-electron chi connectivity index (χ0n) is 14.8. The molecule has 3 rings (SSSR count). The van der Waals surface area contributed by atoms with E-state index in [0.29, 0.717) is 26.9 Å². The Labute approximate surface area is 146 Å². The molecule has 2 heterocycles. The number of hydrogen-bond acceptors (Lipinski definition) is 4. The van der Waals surface area contributed by atoms with Crippen molar-refractivity contribution >= 4 is 27.5 Å². The Kier molecular flexibility index (Phi) is 4.76. The Bertz CT molecular complexity index is 822. The number of fused-ring (bicyclic) bond motifs is 1. The van der Waals surface area contributed by atoms with Gasteiger partial charge in [0.25, 0.3) is 11.5 Å². The summed E-state index contributed by atoms with van der Waals surface area (Å²) in [6, 6.07) is 0.228. The third-order valence-electron chi connectivity index (χ3n) is 5.21. The number of aryl methyl sites for hydroxylation is 2. The summed E-state index contributed by atoms with van der Waals surface area (Å²) in [5.74, 6) is 1.03. The number of nitrogens with one attached hydrogen (secondary N) is 1.